The van der Waals surface area contributed by atoms with Crippen molar-refractivity contribution in [3.05, 3.63) is 0 Å². The van der Waals surface area contributed by atoms with Crippen LogP contribution in [0, 0.1) is 11.3 Å². The molecular weight excluding hydrogens is 403 g/mol. The van der Waals surface area contributed by atoms with E-state index in [1.54, 1.807) is 7.05 Å². The van der Waals surface area contributed by atoms with Crippen LogP contribution in [0.25, 0.3) is 0 Å². The molecule has 1 saturated carbocycles. The Balaban J connectivity index is 0.00000484. The Kier molecular flexibility index (Phi) is 10.8. The number of nitrogens with one attached hydrogen (secondary N) is 3. The zero-order valence-electron chi connectivity index (χ0n) is 15.4. The van der Waals surface area contributed by atoms with Gasteiger partial charge in [0.25, 0.3) is 0 Å². The first kappa shape index (κ1) is 22.5. The number of amides is 1. The fourth-order valence-corrected chi connectivity index (χ4v) is 2.73. The Morgan fingerprint density at radius 3 is 2.13 bits per heavy atom. The van der Waals surface area contributed by atoms with Crippen LogP contribution in [-0.2, 0) is 4.79 Å². The zero-order chi connectivity index (χ0) is 16.6. The van der Waals surface area contributed by atoms with Crippen molar-refractivity contribution in [2.75, 3.05) is 20.1 Å². The second kappa shape index (κ2) is 11.1. The highest BCUT2D eigenvalue weighted by molar-refractivity contribution is 14.0. The molecule has 0 aromatic carbocycles. The Bertz CT molecular complexity index is 371. The van der Waals surface area contributed by atoms with Gasteiger partial charge in [0, 0.05) is 31.6 Å². The van der Waals surface area contributed by atoms with Gasteiger partial charge >= 0.3 is 0 Å². The standard InChI is InChI=1S/C17H34N4O.HI/c1-6-13-7-9-14(10-8-13)21-16(18-5)20-12-11-19-15(22)17(2,3)4;/h13-14H,6-12H2,1-5H3,(H,19,22)(H2,18,20,21);1H. The van der Waals surface area contributed by atoms with Gasteiger partial charge in [0.2, 0.25) is 5.91 Å². The van der Waals surface area contributed by atoms with E-state index in [0.29, 0.717) is 19.1 Å². The van der Waals surface area contributed by atoms with E-state index in [1.807, 2.05) is 20.8 Å². The van der Waals surface area contributed by atoms with E-state index in [4.69, 9.17) is 0 Å². The summed E-state index contributed by atoms with van der Waals surface area (Å²) in [6.45, 7) is 9.34. The fourth-order valence-electron chi connectivity index (χ4n) is 2.73. The molecule has 136 valence electrons. The summed E-state index contributed by atoms with van der Waals surface area (Å²) in [5, 5.41) is 9.70. The molecule has 0 aromatic rings. The molecule has 0 heterocycles. The van der Waals surface area contributed by atoms with Crippen molar-refractivity contribution < 1.29 is 4.79 Å². The second-order valence-electron chi connectivity index (χ2n) is 7.28. The van der Waals surface area contributed by atoms with Crippen LogP contribution in [0.5, 0.6) is 0 Å². The first-order chi connectivity index (χ1) is 10.4. The topological polar surface area (TPSA) is 65.5 Å². The molecule has 0 aromatic heterocycles. The average Bonchev–Trinajstić information content (AvgIpc) is 2.49. The van der Waals surface area contributed by atoms with Crippen LogP contribution < -0.4 is 16.0 Å². The number of carbonyl (C=O) groups excluding carboxylic acids is 1. The molecule has 1 fully saturated rings. The third kappa shape index (κ3) is 8.77. The van der Waals surface area contributed by atoms with Crippen LogP contribution in [-0.4, -0.2) is 38.0 Å². The van der Waals surface area contributed by atoms with Gasteiger partial charge in [-0.25, -0.2) is 0 Å². The van der Waals surface area contributed by atoms with E-state index >= 15 is 0 Å². The van der Waals surface area contributed by atoms with Crippen LogP contribution >= 0.6 is 24.0 Å². The van der Waals surface area contributed by atoms with E-state index < -0.39 is 0 Å². The molecule has 0 saturated heterocycles. The molecule has 1 rings (SSSR count). The Labute approximate surface area is 158 Å². The van der Waals surface area contributed by atoms with Crippen LogP contribution in [0.4, 0.5) is 0 Å². The molecular formula is C17H35IN4O. The maximum Gasteiger partial charge on any atom is 0.225 e. The summed E-state index contributed by atoms with van der Waals surface area (Å²) in [4.78, 5) is 16.0. The number of rotatable bonds is 5. The monoisotopic (exact) mass is 438 g/mol. The van der Waals surface area contributed by atoms with Crippen molar-refractivity contribution in [3.63, 3.8) is 0 Å². The summed E-state index contributed by atoms with van der Waals surface area (Å²) < 4.78 is 0. The first-order valence-electron chi connectivity index (χ1n) is 8.62. The molecule has 5 nitrogen and oxygen atoms in total. The summed E-state index contributed by atoms with van der Waals surface area (Å²) in [7, 11) is 1.79. The summed E-state index contributed by atoms with van der Waals surface area (Å²) in [6, 6.07) is 0.526. The predicted molar refractivity (Wildman–Crippen MR) is 108 cm³/mol. The number of hydrogen-bond donors (Lipinski definition) is 3. The van der Waals surface area contributed by atoms with E-state index in [0.717, 1.165) is 11.9 Å². The van der Waals surface area contributed by atoms with Gasteiger partial charge in [-0.15, -0.1) is 24.0 Å². The lowest BCUT2D eigenvalue weighted by molar-refractivity contribution is -0.128. The third-order valence-electron chi connectivity index (χ3n) is 4.37. The number of halogens is 1. The SMILES string of the molecule is CCC1CCC(NC(=NC)NCCNC(=O)C(C)(C)C)CC1.I. The van der Waals surface area contributed by atoms with Gasteiger partial charge in [0.15, 0.2) is 5.96 Å². The van der Waals surface area contributed by atoms with E-state index in [-0.39, 0.29) is 35.3 Å². The molecule has 0 aliphatic heterocycles. The minimum atomic E-state index is -0.335. The number of guanidine groups is 1. The van der Waals surface area contributed by atoms with Gasteiger partial charge in [-0.2, -0.15) is 0 Å². The normalized spacial score (nSPS) is 22.0. The van der Waals surface area contributed by atoms with E-state index in [1.165, 1.54) is 32.1 Å². The fraction of sp³-hybridized carbons (Fsp3) is 0.882. The lowest BCUT2D eigenvalue weighted by atomic mass is 9.84. The highest BCUT2D eigenvalue weighted by Gasteiger charge is 2.21. The van der Waals surface area contributed by atoms with E-state index in [2.05, 4.69) is 27.9 Å². The molecule has 23 heavy (non-hydrogen) atoms. The minimum Gasteiger partial charge on any atom is -0.355 e. The van der Waals surface area contributed by atoms with Gasteiger partial charge in [-0.05, 0) is 31.6 Å². The quantitative estimate of drug-likeness (QED) is 0.268. The van der Waals surface area contributed by atoms with Crippen molar-refractivity contribution in [2.24, 2.45) is 16.3 Å². The van der Waals surface area contributed by atoms with Crippen molar-refractivity contribution in [1.29, 1.82) is 0 Å². The largest absolute Gasteiger partial charge is 0.355 e. The molecule has 0 spiro atoms. The molecule has 0 atom stereocenters. The lowest BCUT2D eigenvalue weighted by Crippen LogP contribution is -2.47. The maximum atomic E-state index is 11.8. The maximum absolute atomic E-state index is 11.8. The van der Waals surface area contributed by atoms with Crippen molar-refractivity contribution in [1.82, 2.24) is 16.0 Å². The summed E-state index contributed by atoms with van der Waals surface area (Å²) in [5.74, 6) is 1.82. The predicted octanol–water partition coefficient (Wildman–Crippen LogP) is 2.90. The van der Waals surface area contributed by atoms with Crippen LogP contribution in [0.3, 0.4) is 0 Å². The summed E-state index contributed by atoms with van der Waals surface area (Å²) in [5.41, 5.74) is -0.335. The molecule has 1 amide bonds. The lowest BCUT2D eigenvalue weighted by Gasteiger charge is -2.29. The van der Waals surface area contributed by atoms with Gasteiger partial charge < -0.3 is 16.0 Å². The molecule has 1 aliphatic rings. The van der Waals surface area contributed by atoms with Crippen LogP contribution in [0.2, 0.25) is 0 Å². The molecule has 0 bridgehead atoms. The van der Waals surface area contributed by atoms with Crippen LogP contribution in [0.1, 0.15) is 59.8 Å². The smallest absolute Gasteiger partial charge is 0.225 e. The first-order valence-corrected chi connectivity index (χ1v) is 8.62. The molecule has 0 radical (unpaired) electrons. The van der Waals surface area contributed by atoms with Crippen molar-refractivity contribution in [2.45, 2.75) is 65.8 Å². The summed E-state index contributed by atoms with van der Waals surface area (Å²) in [6.07, 6.45) is 6.37. The number of hydrogen-bond acceptors (Lipinski definition) is 2. The Morgan fingerprint density at radius 2 is 1.65 bits per heavy atom. The van der Waals surface area contributed by atoms with Gasteiger partial charge in [-0.3, -0.25) is 9.79 Å². The molecule has 1 aliphatic carbocycles. The van der Waals surface area contributed by atoms with E-state index in [9.17, 15) is 4.79 Å². The molecule has 0 unspecified atom stereocenters. The number of carbonyl (C=O) groups is 1. The van der Waals surface area contributed by atoms with Gasteiger partial charge in [-0.1, -0.05) is 34.1 Å². The van der Waals surface area contributed by atoms with Crippen molar-refractivity contribution in [3.8, 4) is 0 Å². The van der Waals surface area contributed by atoms with Gasteiger partial charge in [0.05, 0.1) is 0 Å². The van der Waals surface area contributed by atoms with Crippen LogP contribution in [0.15, 0.2) is 4.99 Å². The molecule has 6 heteroatoms. The number of nitrogens with zero attached hydrogens (tertiary/aromatic N) is 1. The number of aliphatic imine (C=N–C) groups is 1. The third-order valence-corrected chi connectivity index (χ3v) is 4.37. The highest BCUT2D eigenvalue weighted by atomic mass is 127. The second-order valence-corrected chi connectivity index (χ2v) is 7.28. The zero-order valence-corrected chi connectivity index (χ0v) is 17.7. The van der Waals surface area contributed by atoms with Gasteiger partial charge in [0.1, 0.15) is 0 Å². The Morgan fingerprint density at radius 1 is 1.09 bits per heavy atom. The molecule has 3 N–H and O–H groups in total. The minimum absolute atomic E-state index is 0. The highest BCUT2D eigenvalue weighted by Crippen LogP contribution is 2.26. The Hall–Kier alpha value is -0.530. The summed E-state index contributed by atoms with van der Waals surface area (Å²) >= 11 is 0. The average molecular weight is 438 g/mol. The van der Waals surface area contributed by atoms with Crippen molar-refractivity contribution >= 4 is 35.8 Å².